The minimum atomic E-state index is -4.25. The van der Waals surface area contributed by atoms with Crippen LogP contribution in [0, 0.1) is 0 Å². The first-order valence-electron chi connectivity index (χ1n) is 22.9. The number of aliphatic hydroxyl groups excluding tert-OH is 2. The fourth-order valence-corrected chi connectivity index (χ4v) is 8.83. The number of carbonyl (C=O) groups is 2. The Hall–Kier alpha value is -2.99. The van der Waals surface area contributed by atoms with E-state index in [9.17, 15) is 19.6 Å². The monoisotopic (exact) mass is 854 g/mol. The Morgan fingerprint density at radius 3 is 1.80 bits per heavy atom. The van der Waals surface area contributed by atoms with Crippen LogP contribution in [0.3, 0.4) is 0 Å². The maximum Gasteiger partial charge on any atom is 0.574 e. The number of hydrogen-bond acceptors (Lipinski definition) is 10. The van der Waals surface area contributed by atoms with E-state index < -0.39 is 52.1 Å². The lowest BCUT2D eigenvalue weighted by Crippen LogP contribution is -2.51. The molecule has 0 spiro atoms. The van der Waals surface area contributed by atoms with Gasteiger partial charge in [0.2, 0.25) is 6.61 Å². The predicted molar refractivity (Wildman–Crippen MR) is 238 cm³/mol. The van der Waals surface area contributed by atoms with Crippen molar-refractivity contribution in [1.29, 1.82) is 0 Å². The van der Waals surface area contributed by atoms with Crippen LogP contribution in [0.5, 0.6) is 0 Å². The molecule has 0 saturated carbocycles. The van der Waals surface area contributed by atoms with Gasteiger partial charge in [0, 0.05) is 11.2 Å². The van der Waals surface area contributed by atoms with Crippen LogP contribution < -0.4 is 10.8 Å². The number of benzene rings is 4. The highest BCUT2D eigenvalue weighted by Gasteiger charge is 2.39. The van der Waals surface area contributed by atoms with Gasteiger partial charge in [-0.3, -0.25) is 4.79 Å². The molecule has 12 heteroatoms. The molecule has 0 aliphatic heterocycles. The summed E-state index contributed by atoms with van der Waals surface area (Å²) in [6, 6.07) is 20.0. The molecular weight excluding hydrogens is 781 g/mol. The van der Waals surface area contributed by atoms with E-state index in [0.717, 1.165) is 64.2 Å². The van der Waals surface area contributed by atoms with E-state index in [1.165, 1.54) is 95.7 Å². The van der Waals surface area contributed by atoms with Crippen molar-refractivity contribution in [2.45, 2.75) is 167 Å². The van der Waals surface area contributed by atoms with E-state index >= 15 is 0 Å². The Morgan fingerprint density at radius 1 is 0.683 bits per heavy atom. The van der Waals surface area contributed by atoms with Crippen LogP contribution in [0.15, 0.2) is 54.6 Å². The van der Waals surface area contributed by atoms with Gasteiger partial charge in [-0.2, -0.15) is 14.9 Å². The number of phosphoric acid groups is 1. The maximum atomic E-state index is 12.8. The normalized spacial score (nSPS) is 13.9. The summed E-state index contributed by atoms with van der Waals surface area (Å²) in [6.07, 6.45) is 21.8. The van der Waals surface area contributed by atoms with Gasteiger partial charge in [0.25, 0.3) is 0 Å². The van der Waals surface area contributed by atoms with Gasteiger partial charge in [-0.05, 0) is 68.2 Å². The lowest BCUT2D eigenvalue weighted by molar-refractivity contribution is -0.656. The van der Waals surface area contributed by atoms with E-state index in [0.29, 0.717) is 12.8 Å². The zero-order chi connectivity index (χ0) is 42.8. The van der Waals surface area contributed by atoms with Crippen LogP contribution in [0.1, 0.15) is 154 Å². The topological polar surface area (TPSA) is 174 Å². The van der Waals surface area contributed by atoms with E-state index in [-0.39, 0.29) is 19.4 Å². The highest BCUT2D eigenvalue weighted by Crippen LogP contribution is 2.51. The van der Waals surface area contributed by atoms with Crippen molar-refractivity contribution in [2.24, 2.45) is 0 Å². The molecule has 0 saturated heterocycles. The number of unbranched alkanes of at least 4 members (excludes halogenated alkanes) is 18. The van der Waals surface area contributed by atoms with E-state index in [1.54, 1.807) is 0 Å². The summed E-state index contributed by atoms with van der Waals surface area (Å²) in [7, 11) is -4.25. The van der Waals surface area contributed by atoms with Gasteiger partial charge >= 0.3 is 20.1 Å². The molecule has 1 unspecified atom stereocenters. The molecule has 5 N–H and O–H groups in total. The number of aryl methyl sites for hydroxylation is 1. The highest BCUT2D eigenvalue weighted by atomic mass is 31.2. The number of ether oxygens (including phenoxy) is 2. The molecule has 0 amide bonds. The zero-order valence-corrected chi connectivity index (χ0v) is 37.2. The van der Waals surface area contributed by atoms with Crippen molar-refractivity contribution in [3.63, 3.8) is 0 Å². The number of carbonyl (C=O) groups excluding carboxylic acids is 2. The minimum absolute atomic E-state index is 0.181. The smallest absolute Gasteiger partial charge is 0.574 e. The Morgan fingerprint density at radius 2 is 1.20 bits per heavy atom. The molecular formula is C48H73NO10P+2. The number of quaternary nitrogens is 1. The quantitative estimate of drug-likeness (QED) is 0.0101. The summed E-state index contributed by atoms with van der Waals surface area (Å²) in [5.41, 5.74) is 1.40. The summed E-state index contributed by atoms with van der Waals surface area (Å²) in [4.78, 5) is 38.2. The highest BCUT2D eigenvalue weighted by molar-refractivity contribution is 7.53. The summed E-state index contributed by atoms with van der Waals surface area (Å²) >= 11 is 0. The summed E-state index contributed by atoms with van der Waals surface area (Å²) in [5.74, 6) is 2.24. The molecule has 0 aliphatic carbocycles. The second-order valence-corrected chi connectivity index (χ2v) is 18.0. The number of esters is 2. The van der Waals surface area contributed by atoms with Crippen molar-refractivity contribution < 1.29 is 53.7 Å². The van der Waals surface area contributed by atoms with Gasteiger partial charge in [0.15, 0.2) is 6.10 Å². The maximum absolute atomic E-state index is 12.8. The zero-order valence-electron chi connectivity index (χ0n) is 36.3. The van der Waals surface area contributed by atoms with Crippen LogP contribution in [-0.4, -0.2) is 60.8 Å². The standard InChI is InChI=1S/C48H73NO10P/c1-2-3-4-5-6-7-8-9-10-11-14-17-20-26-45(52)55-36-43(37-57-60(54,59-49)56-35-42(51)34-50)58-46(53)27-21-18-15-12-13-16-19-23-38-28-29-41-31-30-39-24-22-25-40-32-33-44(38)48(41)47(39)40/h22,24-25,28-33,42-43,50-51H,2-21,23,26-27,34-37H2,1,49H3/q+2/t42-,43+,60?/m0/s1. The molecule has 4 rings (SSSR count). The van der Waals surface area contributed by atoms with Gasteiger partial charge in [0.1, 0.15) is 25.7 Å². The minimum Gasteiger partial charge on any atom is -0.601 e. The average Bonchev–Trinajstić information content (AvgIpc) is 3.26. The molecule has 1 radical (unpaired) electrons. The van der Waals surface area contributed by atoms with Crippen LogP contribution in [-0.2, 0) is 39.2 Å². The molecule has 0 bridgehead atoms. The first kappa shape index (κ1) is 49.7. The van der Waals surface area contributed by atoms with Crippen LogP contribution in [0.2, 0.25) is 0 Å². The third kappa shape index (κ3) is 17.8. The number of aliphatic hydroxyl groups is 2. The van der Waals surface area contributed by atoms with Crippen molar-refractivity contribution in [3.8, 4) is 0 Å². The molecule has 4 aromatic carbocycles. The summed E-state index contributed by atoms with van der Waals surface area (Å²) < 4.78 is 26.0. The molecule has 0 aliphatic rings. The Balaban J connectivity index is 1.10. The molecule has 0 heterocycles. The van der Waals surface area contributed by atoms with Gasteiger partial charge in [-0.25, -0.2) is 0 Å². The van der Waals surface area contributed by atoms with Crippen LogP contribution in [0.4, 0.5) is 0 Å². The molecule has 11 nitrogen and oxygen atoms in total. The van der Waals surface area contributed by atoms with Crippen molar-refractivity contribution >= 4 is 52.4 Å². The van der Waals surface area contributed by atoms with E-state index in [4.69, 9.17) is 23.6 Å². The van der Waals surface area contributed by atoms with Gasteiger partial charge in [-0.1, -0.05) is 171 Å². The average molecular weight is 855 g/mol. The molecule has 4 aromatic rings. The Bertz CT molecular complexity index is 1770. The van der Waals surface area contributed by atoms with E-state index in [2.05, 4.69) is 72.0 Å². The largest absolute Gasteiger partial charge is 0.601 e. The fraction of sp³-hybridized carbons (Fsp3) is 0.625. The molecule has 0 aromatic heterocycles. The molecule has 0 fully saturated rings. The Labute approximate surface area is 358 Å². The number of phosphoric ester groups is 1. The van der Waals surface area contributed by atoms with Gasteiger partial charge < -0.3 is 24.6 Å². The lowest BCUT2D eigenvalue weighted by Gasteiger charge is -2.22. The van der Waals surface area contributed by atoms with Gasteiger partial charge in [0.05, 0.1) is 6.61 Å². The second kappa shape index (κ2) is 28.6. The SMILES string of the molecule is CCCCCCCCCCCCCCCC(=[O+])OC[C@H](CO[P+]([O-])(O[NH3+])OC[C@@H](O)CO)OC(=O)CCCCCCCCCc1ccc2ccc3cccc4ccc1c2c34. The Kier molecular flexibility index (Phi) is 23.7. The second-order valence-electron chi connectivity index (χ2n) is 16.3. The summed E-state index contributed by atoms with van der Waals surface area (Å²) in [5, 5.41) is 26.6. The van der Waals surface area contributed by atoms with Crippen molar-refractivity contribution in [1.82, 2.24) is 0 Å². The first-order valence-corrected chi connectivity index (χ1v) is 24.3. The predicted octanol–water partition coefficient (Wildman–Crippen LogP) is 9.78. The lowest BCUT2D eigenvalue weighted by atomic mass is 9.90. The van der Waals surface area contributed by atoms with Gasteiger partial charge in [-0.15, -0.1) is 0 Å². The number of hydrogen-bond donors (Lipinski definition) is 3. The fourth-order valence-electron chi connectivity index (χ4n) is 7.90. The third-order valence-electron chi connectivity index (χ3n) is 11.4. The van der Waals surface area contributed by atoms with Crippen molar-refractivity contribution in [2.75, 3.05) is 26.4 Å². The molecule has 60 heavy (non-hydrogen) atoms. The summed E-state index contributed by atoms with van der Waals surface area (Å²) in [6.45, 7) is 0.369. The third-order valence-corrected chi connectivity index (χ3v) is 12.6. The molecule has 333 valence electrons. The van der Waals surface area contributed by atoms with Crippen LogP contribution in [0.25, 0.3) is 32.3 Å². The van der Waals surface area contributed by atoms with Crippen molar-refractivity contribution in [3.05, 3.63) is 60.2 Å². The number of rotatable bonds is 35. The molecule has 3 atom stereocenters. The van der Waals surface area contributed by atoms with E-state index in [1.807, 2.05) is 0 Å². The van der Waals surface area contributed by atoms with Crippen LogP contribution >= 0.6 is 8.17 Å². The first-order chi connectivity index (χ1) is 29.3.